The van der Waals surface area contributed by atoms with Crippen molar-refractivity contribution in [1.82, 2.24) is 16.0 Å². The number of nitrogens with one attached hydrogen (secondary N) is 3. The zero-order valence-corrected chi connectivity index (χ0v) is 16.2. The number of rotatable bonds is 8. The second kappa shape index (κ2) is 11.1. The zero-order chi connectivity index (χ0) is 18.2. The monoisotopic (exact) mass is 397 g/mol. The Morgan fingerprint density at radius 3 is 2.78 bits per heavy atom. The first-order valence-corrected chi connectivity index (χ1v) is 9.32. The molecule has 2 unspecified atom stereocenters. The Labute approximate surface area is 166 Å². The Hall–Kier alpha value is -1.83. The van der Waals surface area contributed by atoms with E-state index in [1.54, 1.807) is 0 Å². The van der Waals surface area contributed by atoms with Gasteiger partial charge in [-0.2, -0.15) is 0 Å². The van der Waals surface area contributed by atoms with E-state index in [1.165, 1.54) is 0 Å². The van der Waals surface area contributed by atoms with Gasteiger partial charge in [-0.05, 0) is 38.3 Å². The van der Waals surface area contributed by atoms with Crippen LogP contribution in [0.15, 0.2) is 24.3 Å². The van der Waals surface area contributed by atoms with Gasteiger partial charge in [0.1, 0.15) is 5.75 Å². The van der Waals surface area contributed by atoms with Gasteiger partial charge < -0.3 is 25.4 Å². The van der Waals surface area contributed by atoms with Crippen molar-refractivity contribution in [2.45, 2.75) is 44.4 Å². The fourth-order valence-electron chi connectivity index (χ4n) is 3.23. The molecule has 1 aromatic rings. The van der Waals surface area contributed by atoms with Crippen molar-refractivity contribution in [2.24, 2.45) is 0 Å². The van der Waals surface area contributed by atoms with Gasteiger partial charge in [0.2, 0.25) is 5.91 Å². The summed E-state index contributed by atoms with van der Waals surface area (Å²) in [5, 5.41) is 8.95. The zero-order valence-electron chi connectivity index (χ0n) is 15.4. The number of carbonyl (C=O) groups excluding carboxylic acids is 2. The van der Waals surface area contributed by atoms with Crippen molar-refractivity contribution >= 4 is 24.2 Å². The smallest absolute Gasteiger partial charge is 0.258 e. The molecule has 27 heavy (non-hydrogen) atoms. The van der Waals surface area contributed by atoms with Crippen LogP contribution in [0.3, 0.4) is 0 Å². The molecule has 150 valence electrons. The van der Waals surface area contributed by atoms with Crippen molar-refractivity contribution in [3.63, 3.8) is 0 Å². The SMILES string of the molecule is Cl.O=C(COc1ccccc1CNC(=O)C1CCCN1)NCC1CCCO1. The quantitative estimate of drug-likeness (QED) is 0.612. The number of carbonyl (C=O) groups is 2. The van der Waals surface area contributed by atoms with Crippen molar-refractivity contribution in [2.75, 3.05) is 26.3 Å². The Kier molecular flexibility index (Phi) is 8.84. The topological polar surface area (TPSA) is 88.7 Å². The maximum atomic E-state index is 12.1. The van der Waals surface area contributed by atoms with Crippen LogP contribution in [-0.2, 0) is 20.9 Å². The average molecular weight is 398 g/mol. The molecule has 0 bridgehead atoms. The molecule has 2 heterocycles. The molecule has 0 aromatic heterocycles. The van der Waals surface area contributed by atoms with Crippen molar-refractivity contribution < 1.29 is 19.1 Å². The van der Waals surface area contributed by atoms with Crippen molar-refractivity contribution in [3.8, 4) is 5.75 Å². The molecule has 0 spiro atoms. The summed E-state index contributed by atoms with van der Waals surface area (Å²) in [4.78, 5) is 24.1. The molecule has 2 amide bonds. The van der Waals surface area contributed by atoms with E-state index < -0.39 is 0 Å². The molecular weight excluding hydrogens is 370 g/mol. The number of halogens is 1. The lowest BCUT2D eigenvalue weighted by atomic mass is 10.2. The number of amides is 2. The molecule has 0 radical (unpaired) electrons. The third-order valence-corrected chi connectivity index (χ3v) is 4.71. The van der Waals surface area contributed by atoms with Crippen LogP contribution in [0.5, 0.6) is 5.75 Å². The predicted octanol–water partition coefficient (Wildman–Crippen LogP) is 1.15. The van der Waals surface area contributed by atoms with E-state index in [9.17, 15) is 9.59 Å². The maximum absolute atomic E-state index is 12.1. The Balaban J connectivity index is 0.00000261. The predicted molar refractivity (Wildman–Crippen MR) is 104 cm³/mol. The molecule has 7 nitrogen and oxygen atoms in total. The molecule has 2 saturated heterocycles. The van der Waals surface area contributed by atoms with Crippen LogP contribution in [0.2, 0.25) is 0 Å². The summed E-state index contributed by atoms with van der Waals surface area (Å²) in [6, 6.07) is 7.33. The van der Waals surface area contributed by atoms with E-state index in [2.05, 4.69) is 16.0 Å². The summed E-state index contributed by atoms with van der Waals surface area (Å²) in [5.74, 6) is 0.445. The van der Waals surface area contributed by atoms with Crippen LogP contribution < -0.4 is 20.7 Å². The molecule has 2 atom stereocenters. The molecule has 0 aliphatic carbocycles. The lowest BCUT2D eigenvalue weighted by molar-refractivity contribution is -0.124. The minimum absolute atomic E-state index is 0. The lowest BCUT2D eigenvalue weighted by Gasteiger charge is -2.15. The molecule has 2 aliphatic heterocycles. The van der Waals surface area contributed by atoms with E-state index in [0.29, 0.717) is 18.8 Å². The minimum Gasteiger partial charge on any atom is -0.483 e. The summed E-state index contributed by atoms with van der Waals surface area (Å²) in [6.45, 7) is 2.51. The van der Waals surface area contributed by atoms with Gasteiger partial charge in [-0.25, -0.2) is 0 Å². The maximum Gasteiger partial charge on any atom is 0.258 e. The van der Waals surface area contributed by atoms with Gasteiger partial charge in [-0.3, -0.25) is 9.59 Å². The summed E-state index contributed by atoms with van der Waals surface area (Å²) in [7, 11) is 0. The molecule has 0 saturated carbocycles. The first-order valence-electron chi connectivity index (χ1n) is 9.32. The van der Waals surface area contributed by atoms with E-state index in [0.717, 1.165) is 44.4 Å². The molecule has 2 aliphatic rings. The third-order valence-electron chi connectivity index (χ3n) is 4.71. The highest BCUT2D eigenvalue weighted by molar-refractivity contribution is 5.85. The largest absolute Gasteiger partial charge is 0.483 e. The number of ether oxygens (including phenoxy) is 2. The highest BCUT2D eigenvalue weighted by Gasteiger charge is 2.22. The molecule has 8 heteroatoms. The van der Waals surface area contributed by atoms with Gasteiger partial charge in [0, 0.05) is 25.3 Å². The molecular formula is C19H28ClN3O4. The summed E-state index contributed by atoms with van der Waals surface area (Å²) < 4.78 is 11.1. The Morgan fingerprint density at radius 2 is 2.04 bits per heavy atom. The van der Waals surface area contributed by atoms with E-state index in [1.807, 2.05) is 24.3 Å². The number of para-hydroxylation sites is 1. The second-order valence-corrected chi connectivity index (χ2v) is 6.70. The third kappa shape index (κ3) is 6.68. The molecule has 3 rings (SSSR count). The van der Waals surface area contributed by atoms with Crippen molar-refractivity contribution in [1.29, 1.82) is 0 Å². The van der Waals surface area contributed by atoms with Crippen LogP contribution in [0.1, 0.15) is 31.2 Å². The van der Waals surface area contributed by atoms with E-state index in [4.69, 9.17) is 9.47 Å². The minimum atomic E-state index is -0.172. The second-order valence-electron chi connectivity index (χ2n) is 6.70. The first-order chi connectivity index (χ1) is 12.7. The van der Waals surface area contributed by atoms with Crippen LogP contribution in [0.4, 0.5) is 0 Å². The van der Waals surface area contributed by atoms with Crippen LogP contribution in [0, 0.1) is 0 Å². The van der Waals surface area contributed by atoms with Crippen LogP contribution in [-0.4, -0.2) is 50.3 Å². The van der Waals surface area contributed by atoms with Gasteiger partial charge in [-0.1, -0.05) is 18.2 Å². The Morgan fingerprint density at radius 1 is 1.19 bits per heavy atom. The van der Waals surface area contributed by atoms with Gasteiger partial charge >= 0.3 is 0 Å². The average Bonchev–Trinajstić information content (AvgIpc) is 3.37. The fraction of sp³-hybridized carbons (Fsp3) is 0.579. The summed E-state index contributed by atoms with van der Waals surface area (Å²) >= 11 is 0. The van der Waals surface area contributed by atoms with Crippen molar-refractivity contribution in [3.05, 3.63) is 29.8 Å². The Bertz CT molecular complexity index is 617. The van der Waals surface area contributed by atoms with Gasteiger partial charge in [0.15, 0.2) is 6.61 Å². The van der Waals surface area contributed by atoms with E-state index >= 15 is 0 Å². The standard InChI is InChI=1S/C19H27N3O4.ClH/c23-18(21-12-15-6-4-10-25-15)13-26-17-8-2-1-5-14(17)11-22-19(24)16-7-3-9-20-16;/h1-2,5,8,15-16,20H,3-4,6-7,9-13H2,(H,21,23)(H,22,24);1H. The number of benzene rings is 1. The highest BCUT2D eigenvalue weighted by atomic mass is 35.5. The fourth-order valence-corrected chi connectivity index (χ4v) is 3.23. The van der Waals surface area contributed by atoms with Gasteiger partial charge in [-0.15, -0.1) is 12.4 Å². The summed E-state index contributed by atoms with van der Waals surface area (Å²) in [6.07, 6.45) is 4.05. The van der Waals surface area contributed by atoms with Crippen LogP contribution in [0.25, 0.3) is 0 Å². The lowest BCUT2D eigenvalue weighted by Crippen LogP contribution is -2.40. The summed E-state index contributed by atoms with van der Waals surface area (Å²) in [5.41, 5.74) is 0.853. The van der Waals surface area contributed by atoms with Crippen LogP contribution >= 0.6 is 12.4 Å². The number of hydrogen-bond donors (Lipinski definition) is 3. The molecule has 2 fully saturated rings. The van der Waals surface area contributed by atoms with Gasteiger partial charge in [0.25, 0.3) is 5.91 Å². The number of hydrogen-bond acceptors (Lipinski definition) is 5. The highest BCUT2D eigenvalue weighted by Crippen LogP contribution is 2.18. The first kappa shape index (κ1) is 21.5. The molecule has 3 N–H and O–H groups in total. The molecule has 1 aromatic carbocycles. The normalized spacial score (nSPS) is 21.3. The van der Waals surface area contributed by atoms with Gasteiger partial charge in [0.05, 0.1) is 12.1 Å². The van der Waals surface area contributed by atoms with E-state index in [-0.39, 0.29) is 43.0 Å².